The number of hydrogen-bond donors (Lipinski definition) is 4. The maximum Gasteiger partial charge on any atom is 0.0959 e. The van der Waals surface area contributed by atoms with Gasteiger partial charge in [0.25, 0.3) is 0 Å². The second-order valence-electron chi connectivity index (χ2n) is 17.7. The van der Waals surface area contributed by atoms with Crippen molar-refractivity contribution in [2.75, 3.05) is 0 Å². The van der Waals surface area contributed by atoms with Crippen molar-refractivity contribution < 1.29 is 0 Å². The van der Waals surface area contributed by atoms with Gasteiger partial charge in [-0.1, -0.05) is 161 Å². The number of aromatic nitrogens is 8. The highest BCUT2D eigenvalue weighted by atomic mass is 15.1. The fourth-order valence-corrected chi connectivity index (χ4v) is 9.90. The normalized spacial score (nSPS) is 17.2. The van der Waals surface area contributed by atoms with Crippen LogP contribution in [0.3, 0.4) is 0 Å². The average molecular weight is 839 g/mol. The molecule has 2 aliphatic carbocycles. The van der Waals surface area contributed by atoms with Crippen LogP contribution in [0.1, 0.15) is 79.9 Å². The van der Waals surface area contributed by atoms with Crippen LogP contribution in [-0.4, -0.2) is 40.8 Å². The molecule has 0 saturated carbocycles. The predicted octanol–water partition coefficient (Wildman–Crippen LogP) is 13.6. The Balaban J connectivity index is 0.849. The van der Waals surface area contributed by atoms with Crippen molar-refractivity contribution in [3.63, 3.8) is 0 Å². The van der Waals surface area contributed by atoms with Crippen molar-refractivity contribution >= 4 is 11.1 Å². The molecule has 0 radical (unpaired) electrons. The molecule has 2 atom stereocenters. The van der Waals surface area contributed by atoms with Crippen molar-refractivity contribution in [2.45, 2.75) is 72.6 Å². The lowest BCUT2D eigenvalue weighted by atomic mass is 9.75. The van der Waals surface area contributed by atoms with Gasteiger partial charge < -0.3 is 0 Å². The summed E-state index contributed by atoms with van der Waals surface area (Å²) in [6, 6.07) is 36.6. The molecule has 0 spiro atoms. The summed E-state index contributed by atoms with van der Waals surface area (Å²) in [5, 5.41) is 32.9. The number of hydrogen-bond acceptors (Lipinski definition) is 4. The Labute approximate surface area is 375 Å². The molecule has 8 heteroatoms. The van der Waals surface area contributed by atoms with E-state index >= 15 is 0 Å². The van der Waals surface area contributed by atoms with E-state index in [9.17, 15) is 0 Å². The van der Waals surface area contributed by atoms with Gasteiger partial charge in [0.15, 0.2) is 0 Å². The Morgan fingerprint density at radius 2 is 1.11 bits per heavy atom. The number of nitrogens with one attached hydrogen (secondary N) is 4. The quantitative estimate of drug-likeness (QED) is 0.104. The second-order valence-corrected chi connectivity index (χ2v) is 17.7. The lowest BCUT2D eigenvalue weighted by Crippen LogP contribution is -2.23. The van der Waals surface area contributed by atoms with Gasteiger partial charge in [-0.2, -0.15) is 20.4 Å². The standard InChI is InChI=1S/C56H54N8/c1-7-46-51(39-16-10-9-11-17-39)60-62-53(46)43-19-13-20-44(32-43)54-47(8-2)52(61-63-54)41-28-24-38(25-29-41)37-22-26-40(27-23-37)48-35(4)49(58-57-48)45-21-14-30-56(6,33-45)55-36(5)50(59-64-55)42-18-12-15-34(3)31-42/h9-14,16-32,34H,7-8,15,33H2,1-6H3,(H,57,58)(H,59,64)(H,60,62)(H,61,63). The number of H-pyrrole nitrogens is 4. The molecule has 4 heterocycles. The predicted molar refractivity (Wildman–Crippen MR) is 262 cm³/mol. The molecule has 318 valence electrons. The average Bonchev–Trinajstić information content (AvgIpc) is 4.14. The third-order valence-electron chi connectivity index (χ3n) is 13.4. The summed E-state index contributed by atoms with van der Waals surface area (Å²) >= 11 is 0. The summed E-state index contributed by atoms with van der Waals surface area (Å²) in [6.45, 7) is 13.3. The van der Waals surface area contributed by atoms with E-state index in [4.69, 9.17) is 20.4 Å². The Kier molecular flexibility index (Phi) is 10.7. The topological polar surface area (TPSA) is 115 Å². The van der Waals surface area contributed by atoms with E-state index in [2.05, 4.69) is 195 Å². The van der Waals surface area contributed by atoms with Gasteiger partial charge in [0.2, 0.25) is 0 Å². The van der Waals surface area contributed by atoms with Gasteiger partial charge in [-0.25, -0.2) is 0 Å². The first kappa shape index (κ1) is 40.7. The van der Waals surface area contributed by atoms with Crippen molar-refractivity contribution in [3.8, 4) is 67.4 Å². The van der Waals surface area contributed by atoms with Gasteiger partial charge >= 0.3 is 0 Å². The first-order chi connectivity index (χ1) is 31.2. The fourth-order valence-electron chi connectivity index (χ4n) is 9.90. The molecule has 2 unspecified atom stereocenters. The van der Waals surface area contributed by atoms with Crippen molar-refractivity contribution in [3.05, 3.63) is 179 Å². The maximum atomic E-state index is 4.88. The van der Waals surface area contributed by atoms with Crippen molar-refractivity contribution in [2.24, 2.45) is 5.92 Å². The molecular weight excluding hydrogens is 785 g/mol. The number of benzene rings is 4. The number of nitrogens with zero attached hydrogens (tertiary/aromatic N) is 4. The second kappa shape index (κ2) is 16.8. The number of allylic oxidation sites excluding steroid dienone is 8. The van der Waals surface area contributed by atoms with E-state index in [1.165, 1.54) is 27.8 Å². The van der Waals surface area contributed by atoms with Gasteiger partial charge in [-0.15, -0.1) is 0 Å². The summed E-state index contributed by atoms with van der Waals surface area (Å²) in [5.41, 5.74) is 23.2. The SMILES string of the molecule is CCc1c(-c2ccccc2)n[nH]c1-c1cccc(-c2[nH]nc(-c3ccc(-c4ccc(-c5n[nH]c(C6=CC=CC(C)(c7[nH]nc(C8=CC(C)CC=C8)c7C)C6)c5C)cc4)cc3)c2CC)c1. The minimum atomic E-state index is -0.226. The summed E-state index contributed by atoms with van der Waals surface area (Å²) in [5.74, 6) is 0.520. The third kappa shape index (κ3) is 7.32. The van der Waals surface area contributed by atoms with Gasteiger partial charge in [0.1, 0.15) is 0 Å². The Morgan fingerprint density at radius 3 is 1.72 bits per heavy atom. The van der Waals surface area contributed by atoms with Crippen LogP contribution in [0.15, 0.2) is 140 Å². The number of aromatic amines is 4. The highest BCUT2D eigenvalue weighted by molar-refractivity contribution is 5.82. The first-order valence-corrected chi connectivity index (χ1v) is 22.6. The van der Waals surface area contributed by atoms with E-state index < -0.39 is 0 Å². The Morgan fingerprint density at radius 1 is 0.578 bits per heavy atom. The van der Waals surface area contributed by atoms with Crippen molar-refractivity contribution in [1.29, 1.82) is 0 Å². The summed E-state index contributed by atoms with van der Waals surface area (Å²) < 4.78 is 0. The van der Waals surface area contributed by atoms with Crippen LogP contribution in [0.5, 0.6) is 0 Å². The minimum Gasteiger partial charge on any atom is -0.281 e. The largest absolute Gasteiger partial charge is 0.281 e. The summed E-state index contributed by atoms with van der Waals surface area (Å²) in [6.07, 6.45) is 17.1. The third-order valence-corrected chi connectivity index (χ3v) is 13.4. The van der Waals surface area contributed by atoms with E-state index in [0.29, 0.717) is 5.92 Å². The molecule has 8 aromatic rings. The van der Waals surface area contributed by atoms with Gasteiger partial charge in [0, 0.05) is 55.6 Å². The smallest absolute Gasteiger partial charge is 0.0959 e. The summed E-state index contributed by atoms with van der Waals surface area (Å²) in [4.78, 5) is 0. The van der Waals surface area contributed by atoms with Crippen LogP contribution >= 0.6 is 0 Å². The Hall–Kier alpha value is -7.32. The van der Waals surface area contributed by atoms with Crippen LogP contribution < -0.4 is 0 Å². The first-order valence-electron chi connectivity index (χ1n) is 22.6. The van der Waals surface area contributed by atoms with E-state index in [-0.39, 0.29) is 5.41 Å². The van der Waals surface area contributed by atoms with Gasteiger partial charge in [0.05, 0.1) is 39.9 Å². The molecule has 64 heavy (non-hydrogen) atoms. The van der Waals surface area contributed by atoms with Gasteiger partial charge in [-0.3, -0.25) is 20.4 Å². The molecule has 4 aromatic heterocycles. The highest BCUT2D eigenvalue weighted by Crippen LogP contribution is 2.43. The monoisotopic (exact) mass is 838 g/mol. The van der Waals surface area contributed by atoms with E-state index in [1.807, 2.05) is 6.07 Å². The molecule has 0 bridgehead atoms. The van der Waals surface area contributed by atoms with Crippen LogP contribution in [-0.2, 0) is 18.3 Å². The molecule has 4 N–H and O–H groups in total. The van der Waals surface area contributed by atoms with E-state index in [1.54, 1.807) is 0 Å². The Bertz CT molecular complexity index is 3110. The van der Waals surface area contributed by atoms with Crippen LogP contribution in [0.25, 0.3) is 78.6 Å². The molecule has 0 saturated heterocycles. The minimum absolute atomic E-state index is 0.226. The van der Waals surface area contributed by atoms with E-state index in [0.717, 1.165) is 116 Å². The molecule has 8 nitrogen and oxygen atoms in total. The highest BCUT2D eigenvalue weighted by Gasteiger charge is 2.33. The molecule has 2 aliphatic rings. The zero-order chi connectivity index (χ0) is 44.0. The lowest BCUT2D eigenvalue weighted by molar-refractivity contribution is 0.581. The lowest BCUT2D eigenvalue weighted by Gasteiger charge is -2.29. The fraction of sp³-hybridized carbons (Fsp3) is 0.214. The van der Waals surface area contributed by atoms with Gasteiger partial charge in [-0.05, 0) is 79.4 Å². The van der Waals surface area contributed by atoms with Crippen LogP contribution in [0.2, 0.25) is 0 Å². The number of rotatable bonds is 11. The molecule has 10 rings (SSSR count). The molecule has 0 aliphatic heterocycles. The summed E-state index contributed by atoms with van der Waals surface area (Å²) in [7, 11) is 0. The molecule has 0 amide bonds. The molecule has 0 fully saturated rings. The van der Waals surface area contributed by atoms with Crippen LogP contribution in [0, 0.1) is 19.8 Å². The zero-order valence-corrected chi connectivity index (χ0v) is 37.5. The molecule has 4 aromatic carbocycles. The maximum absolute atomic E-state index is 4.88. The van der Waals surface area contributed by atoms with Crippen molar-refractivity contribution in [1.82, 2.24) is 40.8 Å². The van der Waals surface area contributed by atoms with Crippen LogP contribution in [0.4, 0.5) is 0 Å². The molecular formula is C56H54N8. The zero-order valence-electron chi connectivity index (χ0n) is 37.5.